The molecule has 8 heteroatoms. The number of carboxylic acids is 1. The maximum absolute atomic E-state index is 13.9. The van der Waals surface area contributed by atoms with Crippen LogP contribution in [0.25, 0.3) is 22.7 Å². The summed E-state index contributed by atoms with van der Waals surface area (Å²) >= 11 is 0. The zero-order valence-electron chi connectivity index (χ0n) is 19.5. The molecule has 7 nitrogen and oxygen atoms in total. The molecule has 0 aliphatic rings. The molecule has 1 unspecified atom stereocenters. The Labute approximate surface area is 196 Å². The first-order valence-electron chi connectivity index (χ1n) is 10.7. The van der Waals surface area contributed by atoms with Crippen LogP contribution in [0.3, 0.4) is 0 Å². The van der Waals surface area contributed by atoms with E-state index < -0.39 is 23.3 Å². The van der Waals surface area contributed by atoms with Gasteiger partial charge in [0.15, 0.2) is 17.7 Å². The molecule has 2 aromatic heterocycles. The molecule has 34 heavy (non-hydrogen) atoms. The van der Waals surface area contributed by atoms with E-state index in [0.29, 0.717) is 22.7 Å². The SMILES string of the molecule is Cc1cc(-c2nc3ccc(Oc4ccccc4F)nc3o2)cc(C)c1OC(C(=O)O)C(C)(C)C. The number of carbonyl (C=O) groups is 1. The predicted octanol–water partition coefficient (Wildman–Crippen LogP) is 6.32. The first-order chi connectivity index (χ1) is 16.0. The molecule has 2 aromatic carbocycles. The van der Waals surface area contributed by atoms with Crippen molar-refractivity contribution in [3.8, 4) is 28.8 Å². The molecule has 0 bridgehead atoms. The Balaban J connectivity index is 1.64. The van der Waals surface area contributed by atoms with Gasteiger partial charge in [0.05, 0.1) is 0 Å². The predicted molar refractivity (Wildman–Crippen MR) is 125 cm³/mol. The number of hydrogen-bond acceptors (Lipinski definition) is 6. The van der Waals surface area contributed by atoms with E-state index in [1.165, 1.54) is 12.1 Å². The van der Waals surface area contributed by atoms with Gasteiger partial charge in [-0.05, 0) is 55.3 Å². The fourth-order valence-corrected chi connectivity index (χ4v) is 3.60. The lowest BCUT2D eigenvalue weighted by Crippen LogP contribution is -2.39. The molecule has 0 amide bonds. The number of nitrogens with zero attached hydrogens (tertiary/aromatic N) is 2. The lowest BCUT2D eigenvalue weighted by Gasteiger charge is -2.29. The van der Waals surface area contributed by atoms with Crippen molar-refractivity contribution in [2.24, 2.45) is 5.41 Å². The summed E-state index contributed by atoms with van der Waals surface area (Å²) in [5.41, 5.74) is 2.38. The maximum atomic E-state index is 13.9. The molecular formula is C26H25FN2O5. The fourth-order valence-electron chi connectivity index (χ4n) is 3.60. The second-order valence-electron chi connectivity index (χ2n) is 9.17. The average molecular weight is 464 g/mol. The minimum atomic E-state index is -1.02. The number of fused-ring (bicyclic) bond motifs is 1. The van der Waals surface area contributed by atoms with E-state index in [9.17, 15) is 14.3 Å². The summed E-state index contributed by atoms with van der Waals surface area (Å²) in [6.45, 7) is 9.14. The standard InChI is InChI=1S/C26H25FN2O5/c1-14-12-16(13-15(2)21(14)33-22(25(30)31)26(3,4)5)23-28-18-10-11-20(29-24(18)34-23)32-19-9-7-6-8-17(19)27/h6-13,22H,1-5H3,(H,30,31). The number of aryl methyl sites for hydroxylation is 2. The van der Waals surface area contributed by atoms with Crippen LogP contribution in [0.2, 0.25) is 0 Å². The van der Waals surface area contributed by atoms with Crippen LogP contribution in [0, 0.1) is 25.1 Å². The van der Waals surface area contributed by atoms with Crippen LogP contribution >= 0.6 is 0 Å². The van der Waals surface area contributed by atoms with Crippen molar-refractivity contribution < 1.29 is 28.2 Å². The van der Waals surface area contributed by atoms with Crippen molar-refractivity contribution >= 4 is 17.2 Å². The van der Waals surface area contributed by atoms with E-state index in [1.54, 1.807) is 24.3 Å². The van der Waals surface area contributed by atoms with E-state index in [-0.39, 0.29) is 17.3 Å². The van der Waals surface area contributed by atoms with E-state index in [1.807, 2.05) is 46.8 Å². The number of aliphatic carboxylic acids is 1. The van der Waals surface area contributed by atoms with Crippen molar-refractivity contribution in [3.05, 3.63) is 65.5 Å². The highest BCUT2D eigenvalue weighted by Crippen LogP contribution is 2.34. The highest BCUT2D eigenvalue weighted by Gasteiger charge is 2.34. The summed E-state index contributed by atoms with van der Waals surface area (Å²) < 4.78 is 31.2. The van der Waals surface area contributed by atoms with Gasteiger partial charge in [-0.1, -0.05) is 32.9 Å². The normalized spacial score (nSPS) is 12.5. The lowest BCUT2D eigenvalue weighted by atomic mass is 9.89. The quantitative estimate of drug-likeness (QED) is 0.357. The van der Waals surface area contributed by atoms with E-state index >= 15 is 0 Å². The molecule has 2 heterocycles. The third-order valence-corrected chi connectivity index (χ3v) is 5.24. The van der Waals surface area contributed by atoms with Crippen molar-refractivity contribution in [2.45, 2.75) is 40.7 Å². The monoisotopic (exact) mass is 464 g/mol. The molecule has 0 aliphatic carbocycles. The van der Waals surface area contributed by atoms with Crippen molar-refractivity contribution in [3.63, 3.8) is 0 Å². The number of oxazole rings is 1. The number of pyridine rings is 1. The van der Waals surface area contributed by atoms with Crippen molar-refractivity contribution in [1.29, 1.82) is 0 Å². The summed E-state index contributed by atoms with van der Waals surface area (Å²) in [5.74, 6) is -0.416. The lowest BCUT2D eigenvalue weighted by molar-refractivity contribution is -0.150. The van der Waals surface area contributed by atoms with E-state index in [0.717, 1.165) is 11.1 Å². The molecule has 176 valence electrons. The maximum Gasteiger partial charge on any atom is 0.345 e. The first kappa shape index (κ1) is 23.2. The Hall–Kier alpha value is -3.94. The highest BCUT2D eigenvalue weighted by atomic mass is 19.1. The Bertz CT molecular complexity index is 1350. The molecule has 0 saturated heterocycles. The molecule has 1 atom stereocenters. The van der Waals surface area contributed by atoms with Crippen LogP contribution in [0.15, 0.2) is 52.9 Å². The van der Waals surface area contributed by atoms with Crippen molar-refractivity contribution in [2.75, 3.05) is 0 Å². The topological polar surface area (TPSA) is 94.7 Å². The van der Waals surface area contributed by atoms with Gasteiger partial charge < -0.3 is 19.0 Å². The van der Waals surface area contributed by atoms with Gasteiger partial charge in [0.25, 0.3) is 5.71 Å². The molecule has 0 spiro atoms. The Morgan fingerprint density at radius 2 is 1.74 bits per heavy atom. The van der Waals surface area contributed by atoms with Crippen LogP contribution < -0.4 is 9.47 Å². The molecule has 0 fully saturated rings. The number of ether oxygens (including phenoxy) is 2. The summed E-state index contributed by atoms with van der Waals surface area (Å²) in [5, 5.41) is 9.61. The second kappa shape index (κ2) is 8.78. The van der Waals surface area contributed by atoms with Gasteiger partial charge in [0.1, 0.15) is 11.3 Å². The first-order valence-corrected chi connectivity index (χ1v) is 10.7. The number of hydrogen-bond donors (Lipinski definition) is 1. The number of rotatable bonds is 6. The van der Waals surface area contributed by atoms with Gasteiger partial charge in [-0.2, -0.15) is 4.98 Å². The molecule has 0 saturated carbocycles. The van der Waals surface area contributed by atoms with Gasteiger partial charge in [0.2, 0.25) is 11.8 Å². The number of halogens is 1. The largest absolute Gasteiger partial charge is 0.478 e. The Morgan fingerprint density at radius 1 is 1.06 bits per heavy atom. The van der Waals surface area contributed by atoms with E-state index in [4.69, 9.17) is 13.9 Å². The van der Waals surface area contributed by atoms with Crippen LogP contribution in [-0.4, -0.2) is 27.1 Å². The molecule has 0 radical (unpaired) electrons. The molecule has 1 N–H and O–H groups in total. The zero-order valence-corrected chi connectivity index (χ0v) is 19.5. The second-order valence-corrected chi connectivity index (χ2v) is 9.17. The third-order valence-electron chi connectivity index (χ3n) is 5.24. The summed E-state index contributed by atoms with van der Waals surface area (Å²) in [6.07, 6.45) is -1.00. The smallest absolute Gasteiger partial charge is 0.345 e. The fraction of sp³-hybridized carbons (Fsp3) is 0.269. The zero-order chi connectivity index (χ0) is 24.6. The number of para-hydroxylation sites is 1. The summed E-state index contributed by atoms with van der Waals surface area (Å²) in [4.78, 5) is 20.5. The van der Waals surface area contributed by atoms with E-state index in [2.05, 4.69) is 9.97 Å². The number of benzene rings is 2. The van der Waals surface area contributed by atoms with Gasteiger partial charge in [0, 0.05) is 17.0 Å². The van der Waals surface area contributed by atoms with Crippen LogP contribution in [-0.2, 0) is 4.79 Å². The van der Waals surface area contributed by atoms with Crippen molar-refractivity contribution in [1.82, 2.24) is 9.97 Å². The minimum Gasteiger partial charge on any atom is -0.478 e. The molecule has 0 aliphatic heterocycles. The van der Waals surface area contributed by atoms with Gasteiger partial charge in [-0.25, -0.2) is 14.2 Å². The number of aromatic nitrogens is 2. The van der Waals surface area contributed by atoms with Gasteiger partial charge in [-0.15, -0.1) is 0 Å². The van der Waals surface area contributed by atoms with Crippen LogP contribution in [0.4, 0.5) is 4.39 Å². The molecular weight excluding hydrogens is 439 g/mol. The van der Waals surface area contributed by atoms with Gasteiger partial charge in [-0.3, -0.25) is 0 Å². The van der Waals surface area contributed by atoms with Crippen LogP contribution in [0.5, 0.6) is 17.4 Å². The Kier molecular flexibility index (Phi) is 6.00. The Morgan fingerprint density at radius 3 is 2.35 bits per heavy atom. The molecule has 4 rings (SSSR count). The number of carboxylic acid groups (broad SMARTS) is 1. The molecule has 4 aromatic rings. The summed E-state index contributed by atoms with van der Waals surface area (Å²) in [6, 6.07) is 13.0. The third kappa shape index (κ3) is 4.71. The summed E-state index contributed by atoms with van der Waals surface area (Å²) in [7, 11) is 0. The van der Waals surface area contributed by atoms with Gasteiger partial charge >= 0.3 is 5.97 Å². The highest BCUT2D eigenvalue weighted by molar-refractivity contribution is 5.75. The average Bonchev–Trinajstić information content (AvgIpc) is 3.17. The van der Waals surface area contributed by atoms with Crippen LogP contribution in [0.1, 0.15) is 31.9 Å². The minimum absolute atomic E-state index is 0.0610.